The molecule has 3 heterocycles. The summed E-state index contributed by atoms with van der Waals surface area (Å²) in [6.45, 7) is 2.90. The van der Waals surface area contributed by atoms with E-state index in [0.717, 1.165) is 24.6 Å². The molecule has 1 unspecified atom stereocenters. The maximum absolute atomic E-state index is 11.7. The van der Waals surface area contributed by atoms with Gasteiger partial charge < -0.3 is 19.7 Å². The molecule has 1 aromatic carbocycles. The van der Waals surface area contributed by atoms with Crippen LogP contribution in [0, 0.1) is 0 Å². The number of nitrogens with zero attached hydrogens (tertiary/aromatic N) is 6. The van der Waals surface area contributed by atoms with Crippen LogP contribution in [0.15, 0.2) is 30.6 Å². The van der Waals surface area contributed by atoms with Crippen LogP contribution in [0.1, 0.15) is 0 Å². The van der Waals surface area contributed by atoms with Gasteiger partial charge in [-0.2, -0.15) is 4.98 Å². The van der Waals surface area contributed by atoms with Crippen molar-refractivity contribution in [2.24, 2.45) is 0 Å². The summed E-state index contributed by atoms with van der Waals surface area (Å²) in [7, 11) is 2.26. The van der Waals surface area contributed by atoms with E-state index in [0.29, 0.717) is 36.2 Å². The minimum atomic E-state index is -0.952. The van der Waals surface area contributed by atoms with Crippen LogP contribution in [-0.2, 0) is 11.0 Å². The highest BCUT2D eigenvalue weighted by molar-refractivity contribution is 7.81. The maximum atomic E-state index is 11.7. The van der Waals surface area contributed by atoms with Crippen LogP contribution in [0.5, 0.6) is 11.5 Å². The Balaban J connectivity index is 1.59. The Morgan fingerprint density at radius 1 is 1.07 bits per heavy atom. The zero-order valence-electron chi connectivity index (χ0n) is 16.5. The van der Waals surface area contributed by atoms with Crippen molar-refractivity contribution in [3.05, 3.63) is 30.6 Å². The average molecular weight is 417 g/mol. The van der Waals surface area contributed by atoms with Crippen molar-refractivity contribution in [2.75, 3.05) is 56.9 Å². The lowest BCUT2D eigenvalue weighted by molar-refractivity contribution is 0.395. The third-order valence-corrected chi connectivity index (χ3v) is 5.84. The van der Waals surface area contributed by atoms with Gasteiger partial charge >= 0.3 is 0 Å². The second kappa shape index (κ2) is 8.21. The lowest BCUT2D eigenvalue weighted by Gasteiger charge is -2.33. The molecule has 154 valence electrons. The third kappa shape index (κ3) is 4.10. The largest absolute Gasteiger partial charge is 0.497 e. The first kappa shape index (κ1) is 19.4. The molecule has 3 aromatic rings. The predicted octanol–water partition coefficient (Wildman–Crippen LogP) is 1.30. The van der Waals surface area contributed by atoms with E-state index in [4.69, 9.17) is 9.47 Å². The van der Waals surface area contributed by atoms with Gasteiger partial charge in [-0.1, -0.05) is 0 Å². The van der Waals surface area contributed by atoms with Gasteiger partial charge in [-0.25, -0.2) is 18.0 Å². The number of aromatic nitrogens is 4. The fourth-order valence-corrected chi connectivity index (χ4v) is 3.92. The molecule has 10 nitrogen and oxygen atoms in total. The minimum absolute atomic E-state index is 0.447. The molecule has 1 N–H and O–H groups in total. The Bertz CT molecular complexity index is 1010. The molecule has 1 aliphatic rings. The van der Waals surface area contributed by atoms with E-state index in [2.05, 4.69) is 25.3 Å². The van der Waals surface area contributed by atoms with Gasteiger partial charge in [0.05, 0.1) is 25.2 Å². The first-order valence-electron chi connectivity index (χ1n) is 9.12. The van der Waals surface area contributed by atoms with Crippen LogP contribution in [-0.4, -0.2) is 74.8 Å². The predicted molar refractivity (Wildman–Crippen MR) is 111 cm³/mol. The summed E-state index contributed by atoms with van der Waals surface area (Å²) in [5.74, 6) is 2.55. The van der Waals surface area contributed by atoms with Crippen molar-refractivity contribution in [1.29, 1.82) is 0 Å². The van der Waals surface area contributed by atoms with Gasteiger partial charge in [0, 0.05) is 68.7 Å². The van der Waals surface area contributed by atoms with Crippen LogP contribution in [0.25, 0.3) is 5.65 Å². The first-order chi connectivity index (χ1) is 14.1. The van der Waals surface area contributed by atoms with E-state index in [1.807, 2.05) is 16.4 Å². The number of nitrogens with one attached hydrogen (secondary N) is 1. The summed E-state index contributed by atoms with van der Waals surface area (Å²) < 4.78 is 25.9. The van der Waals surface area contributed by atoms with Gasteiger partial charge in [0.1, 0.15) is 11.5 Å². The Morgan fingerprint density at radius 3 is 2.38 bits per heavy atom. The van der Waals surface area contributed by atoms with Crippen LogP contribution in [0.4, 0.5) is 17.5 Å². The van der Waals surface area contributed by atoms with Crippen molar-refractivity contribution < 1.29 is 13.7 Å². The zero-order chi connectivity index (χ0) is 20.4. The fourth-order valence-electron chi connectivity index (χ4n) is 3.25. The molecule has 1 fully saturated rings. The summed E-state index contributed by atoms with van der Waals surface area (Å²) >= 11 is 0. The lowest BCUT2D eigenvalue weighted by Crippen LogP contribution is -2.47. The van der Waals surface area contributed by atoms with Crippen molar-refractivity contribution >= 4 is 34.1 Å². The molecule has 11 heteroatoms. The quantitative estimate of drug-likeness (QED) is 0.641. The van der Waals surface area contributed by atoms with Crippen LogP contribution >= 0.6 is 0 Å². The molecule has 0 radical (unpaired) electrons. The Kier molecular flexibility index (Phi) is 5.49. The van der Waals surface area contributed by atoms with Gasteiger partial charge in [-0.15, -0.1) is 5.10 Å². The topological polar surface area (TPSA) is 97.1 Å². The van der Waals surface area contributed by atoms with Gasteiger partial charge in [0.2, 0.25) is 5.95 Å². The highest BCUT2D eigenvalue weighted by Crippen LogP contribution is 2.28. The van der Waals surface area contributed by atoms with Crippen LogP contribution in [0.3, 0.4) is 0 Å². The van der Waals surface area contributed by atoms with E-state index < -0.39 is 11.0 Å². The van der Waals surface area contributed by atoms with E-state index in [-0.39, 0.29) is 0 Å². The third-order valence-electron chi connectivity index (χ3n) is 4.75. The molecule has 1 saturated heterocycles. The summed E-state index contributed by atoms with van der Waals surface area (Å²) in [6, 6.07) is 5.49. The van der Waals surface area contributed by atoms with E-state index in [1.54, 1.807) is 43.5 Å². The molecule has 2 aromatic heterocycles. The van der Waals surface area contributed by atoms with Crippen LogP contribution < -0.4 is 19.7 Å². The number of hydrogen-bond donors (Lipinski definition) is 1. The van der Waals surface area contributed by atoms with Gasteiger partial charge in [0.25, 0.3) is 0 Å². The molecular weight excluding hydrogens is 394 g/mol. The number of benzene rings is 1. The highest BCUT2D eigenvalue weighted by Gasteiger charge is 2.23. The second-order valence-corrected chi connectivity index (χ2v) is 7.88. The number of rotatable bonds is 6. The molecule has 1 atom stereocenters. The fraction of sp³-hybridized carbons (Fsp3) is 0.389. The van der Waals surface area contributed by atoms with E-state index in [9.17, 15) is 4.21 Å². The molecular formula is C18H23N7O3S. The highest BCUT2D eigenvalue weighted by atomic mass is 32.2. The van der Waals surface area contributed by atoms with Crippen molar-refractivity contribution in [2.45, 2.75) is 0 Å². The van der Waals surface area contributed by atoms with E-state index in [1.165, 1.54) is 0 Å². The monoisotopic (exact) mass is 417 g/mol. The Morgan fingerprint density at radius 2 is 1.76 bits per heavy atom. The van der Waals surface area contributed by atoms with Crippen LogP contribution in [0.2, 0.25) is 0 Å². The van der Waals surface area contributed by atoms with E-state index >= 15 is 0 Å². The molecule has 4 rings (SSSR count). The smallest absolute Gasteiger partial charge is 0.247 e. The molecule has 0 bridgehead atoms. The number of fused-ring (bicyclic) bond motifs is 1. The molecule has 0 spiro atoms. The van der Waals surface area contributed by atoms with Crippen molar-refractivity contribution in [3.63, 3.8) is 0 Å². The maximum Gasteiger partial charge on any atom is 0.247 e. The van der Waals surface area contributed by atoms with Gasteiger partial charge in [-0.3, -0.25) is 0 Å². The average Bonchev–Trinajstić information content (AvgIpc) is 3.15. The molecule has 0 amide bonds. The molecule has 0 aliphatic carbocycles. The SMILES string of the molecule is COc1cc(Nc2nc3c(N4CCN(S(C)=O)CC4)nccn3n2)cc(OC)c1. The molecule has 29 heavy (non-hydrogen) atoms. The van der Waals surface area contributed by atoms with Gasteiger partial charge in [0.15, 0.2) is 11.5 Å². The number of ether oxygens (including phenoxy) is 2. The van der Waals surface area contributed by atoms with Crippen molar-refractivity contribution in [3.8, 4) is 11.5 Å². The number of hydrogen-bond acceptors (Lipinski definition) is 8. The van der Waals surface area contributed by atoms with Crippen molar-refractivity contribution in [1.82, 2.24) is 23.9 Å². The normalized spacial score (nSPS) is 16.0. The zero-order valence-corrected chi connectivity index (χ0v) is 17.3. The summed E-state index contributed by atoms with van der Waals surface area (Å²) in [6.07, 6.45) is 5.18. The number of methoxy groups -OCH3 is 2. The first-order valence-corrected chi connectivity index (χ1v) is 10.6. The second-order valence-electron chi connectivity index (χ2n) is 6.52. The Hall–Kier alpha value is -2.92. The summed E-state index contributed by atoms with van der Waals surface area (Å²) in [5, 5.41) is 7.70. The Labute approximate surface area is 171 Å². The minimum Gasteiger partial charge on any atom is -0.497 e. The standard InChI is InChI=1S/C18H23N7O3S/c1-27-14-10-13(11-15(12-14)28-2)20-18-21-17-16(19-4-5-25(17)22-18)23-6-8-24(9-7-23)29(3)26/h4-5,10-12H,6-9H2,1-3H3,(H,20,22). The number of anilines is 3. The number of piperazine rings is 1. The summed E-state index contributed by atoms with van der Waals surface area (Å²) in [5.41, 5.74) is 1.42. The molecule has 0 saturated carbocycles. The van der Waals surface area contributed by atoms with Gasteiger partial charge in [-0.05, 0) is 0 Å². The lowest BCUT2D eigenvalue weighted by atomic mass is 10.3. The summed E-state index contributed by atoms with van der Waals surface area (Å²) in [4.78, 5) is 11.3. The molecule has 1 aliphatic heterocycles.